The fourth-order valence-electron chi connectivity index (χ4n) is 3.20. The summed E-state index contributed by atoms with van der Waals surface area (Å²) in [6.45, 7) is 2.45. The van der Waals surface area contributed by atoms with Gasteiger partial charge >= 0.3 is 0 Å². The van der Waals surface area contributed by atoms with E-state index in [1.165, 1.54) is 0 Å². The van der Waals surface area contributed by atoms with Crippen LogP contribution in [0.15, 0.2) is 30.3 Å². The van der Waals surface area contributed by atoms with E-state index in [2.05, 4.69) is 35.2 Å². The predicted octanol–water partition coefficient (Wildman–Crippen LogP) is 2.07. The number of hydrogen-bond donors (Lipinski definition) is 2. The largest absolute Gasteiger partial charge is 0.392 e. The second-order valence-electron chi connectivity index (χ2n) is 9.13. The van der Waals surface area contributed by atoms with E-state index in [0.29, 0.717) is 6.42 Å². The Morgan fingerprint density at radius 3 is 2.22 bits per heavy atom. The Balaban J connectivity index is 2.30. The molecule has 1 aromatic rings. The molecule has 5 nitrogen and oxygen atoms in total. The number of likely N-dealkylation sites (N-methyl/N-ethyl adjacent to an activating group) is 2. The molecule has 0 heterocycles. The summed E-state index contributed by atoms with van der Waals surface area (Å²) in [5.41, 5.74) is 1.83. The van der Waals surface area contributed by atoms with Crippen LogP contribution in [0.25, 0.3) is 6.08 Å². The highest BCUT2D eigenvalue weighted by molar-refractivity contribution is 5.93. The molecule has 0 fully saturated rings. The highest BCUT2D eigenvalue weighted by Crippen LogP contribution is 2.09. The number of hydrogen-bond acceptors (Lipinski definition) is 3. The van der Waals surface area contributed by atoms with Crippen LogP contribution in [0, 0.1) is 0 Å². The van der Waals surface area contributed by atoms with Gasteiger partial charge in [-0.25, -0.2) is 0 Å². The summed E-state index contributed by atoms with van der Waals surface area (Å²) in [4.78, 5) is 12.0. The molecule has 152 valence electrons. The Morgan fingerprint density at radius 1 is 1.04 bits per heavy atom. The maximum absolute atomic E-state index is 12.0. The SMILES string of the molecule is C[N+](C)(C)CC(O)C[N+](C)(C)CCCCC(=O)/C=C/c1ccc(CO)cc1. The third kappa shape index (κ3) is 11.0. The molecule has 0 aliphatic carbocycles. The first kappa shape index (κ1) is 23.5. The summed E-state index contributed by atoms with van der Waals surface area (Å²) in [5.74, 6) is 0.136. The Bertz CT molecular complexity index is 601. The molecule has 0 aliphatic rings. The van der Waals surface area contributed by atoms with Gasteiger partial charge in [-0.3, -0.25) is 4.79 Å². The lowest BCUT2D eigenvalue weighted by atomic mass is 10.1. The van der Waals surface area contributed by atoms with Gasteiger partial charge in [-0.1, -0.05) is 30.3 Å². The quantitative estimate of drug-likeness (QED) is 0.333. The van der Waals surface area contributed by atoms with E-state index >= 15 is 0 Å². The molecule has 0 amide bonds. The molecule has 0 saturated heterocycles. The van der Waals surface area contributed by atoms with Gasteiger partial charge < -0.3 is 19.2 Å². The van der Waals surface area contributed by atoms with E-state index in [1.54, 1.807) is 6.08 Å². The van der Waals surface area contributed by atoms with Crippen LogP contribution in [0.2, 0.25) is 0 Å². The van der Waals surface area contributed by atoms with E-state index in [0.717, 1.165) is 52.6 Å². The molecule has 5 heteroatoms. The number of aliphatic hydroxyl groups is 2. The lowest BCUT2D eigenvalue weighted by molar-refractivity contribution is -0.907. The Kier molecular flexibility index (Phi) is 9.33. The monoisotopic (exact) mass is 378 g/mol. The average Bonchev–Trinajstić information content (AvgIpc) is 2.55. The van der Waals surface area contributed by atoms with Crippen molar-refractivity contribution in [1.29, 1.82) is 0 Å². The molecule has 27 heavy (non-hydrogen) atoms. The lowest BCUT2D eigenvalue weighted by Crippen LogP contribution is -2.51. The zero-order chi connectivity index (χ0) is 20.5. The molecule has 0 radical (unpaired) electrons. The molecular weight excluding hydrogens is 340 g/mol. The summed E-state index contributed by atoms with van der Waals surface area (Å²) in [5, 5.41) is 19.3. The number of aliphatic hydroxyl groups excluding tert-OH is 2. The highest BCUT2D eigenvalue weighted by Gasteiger charge is 2.24. The number of carbonyl (C=O) groups is 1. The minimum atomic E-state index is -0.318. The van der Waals surface area contributed by atoms with Gasteiger partial charge in [0.1, 0.15) is 13.1 Å². The summed E-state index contributed by atoms with van der Waals surface area (Å²) in [6, 6.07) is 7.52. The average molecular weight is 379 g/mol. The third-order valence-corrected chi connectivity index (χ3v) is 4.52. The maximum Gasteiger partial charge on any atom is 0.155 e. The van der Waals surface area contributed by atoms with E-state index in [4.69, 9.17) is 5.11 Å². The minimum Gasteiger partial charge on any atom is -0.392 e. The molecule has 0 saturated carbocycles. The van der Waals surface area contributed by atoms with Gasteiger partial charge in [-0.15, -0.1) is 0 Å². The van der Waals surface area contributed by atoms with Gasteiger partial charge in [-0.2, -0.15) is 0 Å². The van der Waals surface area contributed by atoms with Crippen molar-refractivity contribution in [2.75, 3.05) is 54.9 Å². The second kappa shape index (κ2) is 10.7. The van der Waals surface area contributed by atoms with Crippen molar-refractivity contribution < 1.29 is 24.0 Å². The molecule has 2 N–H and O–H groups in total. The first-order valence-electron chi connectivity index (χ1n) is 9.72. The number of allylic oxidation sites excluding steroid dienone is 1. The molecule has 1 atom stereocenters. The van der Waals surface area contributed by atoms with Crippen LogP contribution in [-0.4, -0.2) is 85.9 Å². The third-order valence-electron chi connectivity index (χ3n) is 4.52. The molecule has 0 bridgehead atoms. The molecule has 1 unspecified atom stereocenters. The topological polar surface area (TPSA) is 57.5 Å². The number of unbranched alkanes of at least 4 members (excludes halogenated alkanes) is 1. The molecule has 0 spiro atoms. The van der Waals surface area contributed by atoms with E-state index in [9.17, 15) is 9.90 Å². The number of rotatable bonds is 12. The van der Waals surface area contributed by atoms with Crippen molar-refractivity contribution >= 4 is 11.9 Å². The van der Waals surface area contributed by atoms with Crippen LogP contribution in [0.4, 0.5) is 0 Å². The number of nitrogens with zero attached hydrogens (tertiary/aromatic N) is 2. The smallest absolute Gasteiger partial charge is 0.155 e. The predicted molar refractivity (Wildman–Crippen MR) is 111 cm³/mol. The van der Waals surface area contributed by atoms with Crippen molar-refractivity contribution in [3.05, 3.63) is 41.5 Å². The fourth-order valence-corrected chi connectivity index (χ4v) is 3.20. The Morgan fingerprint density at radius 2 is 1.67 bits per heavy atom. The molecule has 0 aliphatic heterocycles. The molecule has 1 aromatic carbocycles. The molecule has 0 aromatic heterocycles. The first-order chi connectivity index (χ1) is 12.5. The standard InChI is InChI=1S/C22H38N2O3/c1-23(2,3)16-22(27)17-24(4,5)15-7-6-8-21(26)14-13-19-9-11-20(18-25)12-10-19/h9-14,22,25,27H,6-8,15-18H2,1-5H3/q+2/b14-13+. The van der Waals surface area contributed by atoms with Crippen LogP contribution in [0.5, 0.6) is 0 Å². The van der Waals surface area contributed by atoms with Crippen LogP contribution < -0.4 is 0 Å². The van der Waals surface area contributed by atoms with Gasteiger partial charge in [0.2, 0.25) is 0 Å². The normalized spacial score (nSPS) is 13.9. The zero-order valence-electron chi connectivity index (χ0n) is 17.7. The van der Waals surface area contributed by atoms with Crippen LogP contribution >= 0.6 is 0 Å². The maximum atomic E-state index is 12.0. The van der Waals surface area contributed by atoms with Gasteiger partial charge in [0.05, 0.1) is 48.4 Å². The zero-order valence-corrected chi connectivity index (χ0v) is 17.7. The van der Waals surface area contributed by atoms with Crippen LogP contribution in [0.3, 0.4) is 0 Å². The van der Waals surface area contributed by atoms with Gasteiger partial charge in [0, 0.05) is 6.42 Å². The second-order valence-corrected chi connectivity index (χ2v) is 9.13. The van der Waals surface area contributed by atoms with E-state index in [-0.39, 0.29) is 18.5 Å². The molecule has 1 rings (SSSR count). The van der Waals surface area contributed by atoms with Gasteiger partial charge in [-0.05, 0) is 30.0 Å². The number of benzene rings is 1. The number of ketones is 1. The summed E-state index contributed by atoms with van der Waals surface area (Å²) >= 11 is 0. The highest BCUT2D eigenvalue weighted by atomic mass is 16.3. The Hall–Kier alpha value is -1.53. The van der Waals surface area contributed by atoms with E-state index < -0.39 is 0 Å². The fraction of sp³-hybridized carbons (Fsp3) is 0.591. The molecular formula is C22H38N2O3+2. The van der Waals surface area contributed by atoms with Gasteiger partial charge in [0.25, 0.3) is 0 Å². The van der Waals surface area contributed by atoms with Crippen LogP contribution in [-0.2, 0) is 11.4 Å². The first-order valence-corrected chi connectivity index (χ1v) is 9.72. The van der Waals surface area contributed by atoms with Crippen molar-refractivity contribution in [1.82, 2.24) is 0 Å². The minimum absolute atomic E-state index is 0.0319. The van der Waals surface area contributed by atoms with E-state index in [1.807, 2.05) is 30.3 Å². The van der Waals surface area contributed by atoms with Crippen LogP contribution in [0.1, 0.15) is 30.4 Å². The summed E-state index contributed by atoms with van der Waals surface area (Å²) in [6.07, 6.45) is 5.52. The van der Waals surface area contributed by atoms with Crippen molar-refractivity contribution in [2.24, 2.45) is 0 Å². The van der Waals surface area contributed by atoms with Gasteiger partial charge in [0.15, 0.2) is 11.9 Å². The number of quaternary nitrogens is 2. The Labute approximate surface area is 164 Å². The lowest BCUT2D eigenvalue weighted by Gasteiger charge is -2.34. The van der Waals surface area contributed by atoms with Crippen molar-refractivity contribution in [2.45, 2.75) is 32.0 Å². The van der Waals surface area contributed by atoms with Crippen molar-refractivity contribution in [3.8, 4) is 0 Å². The number of carbonyl (C=O) groups excluding carboxylic acids is 1. The summed E-state index contributed by atoms with van der Waals surface area (Å²) < 4.78 is 1.52. The van der Waals surface area contributed by atoms with Crippen molar-refractivity contribution in [3.63, 3.8) is 0 Å². The summed E-state index contributed by atoms with van der Waals surface area (Å²) in [7, 11) is 10.5.